The number of likely N-dealkylation sites (tertiary alicyclic amines) is 2. The molecule has 3 aliphatic heterocycles. The predicted molar refractivity (Wildman–Crippen MR) is 191 cm³/mol. The number of rotatable bonds is 9. The minimum Gasteiger partial charge on any atom is -0.400 e. The highest BCUT2D eigenvalue weighted by molar-refractivity contribution is 5.78. The van der Waals surface area contributed by atoms with Gasteiger partial charge in [-0.05, 0) is 96.6 Å². The van der Waals surface area contributed by atoms with Crippen molar-refractivity contribution in [2.45, 2.75) is 126 Å². The zero-order valence-corrected chi connectivity index (χ0v) is 31.3. The van der Waals surface area contributed by atoms with Crippen LogP contribution in [-0.2, 0) is 9.53 Å². The number of aliphatic hydroxyl groups is 1. The van der Waals surface area contributed by atoms with Crippen molar-refractivity contribution in [1.82, 2.24) is 20.0 Å². The molecule has 1 amide bonds. The van der Waals surface area contributed by atoms with Crippen LogP contribution >= 0.6 is 0 Å². The molecule has 262 valence electrons. The largest absolute Gasteiger partial charge is 0.400 e. The number of piperidine rings is 2. The molecular weight excluding hydrogens is 548 g/mol. The van der Waals surface area contributed by atoms with E-state index in [0.29, 0.717) is 5.91 Å². The standard InChI is InChI=1S/C18H34N2O2.C13H23N.C3H9N.C2H6.CH4O/c1-15(2)6-5-9-19-12-13-22-18(14-19)7-10-20(11-8-18)17(21)16(3)4;1-3-5-6-7-13-8-11-14(10-4-2)12-9-13;1-3-4-2;2*1-2/h15-16H,5-14H2,1-4H3;13H,3-4,7-12H2,1-2H3;4H,3H2,1-2H3;1-2H3;2H,1H3. The van der Waals surface area contributed by atoms with Crippen LogP contribution in [0.4, 0.5) is 0 Å². The average Bonchev–Trinajstić information content (AvgIpc) is 3.04. The Hall–Kier alpha value is -1.17. The lowest BCUT2D eigenvalue weighted by molar-refractivity contribution is -0.152. The number of carbonyl (C=O) groups is 1. The second-order valence-corrected chi connectivity index (χ2v) is 12.7. The third kappa shape index (κ3) is 20.8. The van der Waals surface area contributed by atoms with Crippen molar-refractivity contribution in [2.24, 2.45) is 17.8 Å². The number of carbonyl (C=O) groups excluding carboxylic acids is 1. The quantitative estimate of drug-likeness (QED) is 0.284. The van der Waals surface area contributed by atoms with Crippen LogP contribution in [-0.4, -0.2) is 111 Å². The lowest BCUT2D eigenvalue weighted by Crippen LogP contribution is -2.57. The van der Waals surface area contributed by atoms with E-state index in [0.717, 1.165) is 84.0 Å². The summed E-state index contributed by atoms with van der Waals surface area (Å²) in [5.74, 6) is 8.52. The zero-order chi connectivity index (χ0) is 33.8. The molecular formula is C37H76N4O3. The molecule has 3 aliphatic rings. The van der Waals surface area contributed by atoms with E-state index in [9.17, 15) is 4.79 Å². The van der Waals surface area contributed by atoms with Crippen LogP contribution in [0.5, 0.6) is 0 Å². The topological polar surface area (TPSA) is 68.3 Å². The van der Waals surface area contributed by atoms with Gasteiger partial charge in [0.2, 0.25) is 5.91 Å². The van der Waals surface area contributed by atoms with Gasteiger partial charge in [-0.15, -0.1) is 11.8 Å². The van der Waals surface area contributed by atoms with Gasteiger partial charge in [-0.2, -0.15) is 0 Å². The third-order valence-corrected chi connectivity index (χ3v) is 8.36. The van der Waals surface area contributed by atoms with Gasteiger partial charge in [-0.3, -0.25) is 9.69 Å². The van der Waals surface area contributed by atoms with E-state index in [4.69, 9.17) is 9.84 Å². The Kier molecular flexibility index (Phi) is 29.9. The summed E-state index contributed by atoms with van der Waals surface area (Å²) in [6.07, 6.45) is 10.7. The number of nitrogens with zero attached hydrogens (tertiary/aromatic N) is 3. The Labute approximate surface area is 275 Å². The summed E-state index contributed by atoms with van der Waals surface area (Å²) < 4.78 is 6.17. The van der Waals surface area contributed by atoms with Gasteiger partial charge in [0.05, 0.1) is 12.2 Å². The van der Waals surface area contributed by atoms with Crippen molar-refractivity contribution < 1.29 is 14.6 Å². The second-order valence-electron chi connectivity index (χ2n) is 12.7. The maximum atomic E-state index is 12.1. The minimum absolute atomic E-state index is 0.00381. The number of amides is 1. The molecule has 0 aromatic carbocycles. The molecule has 44 heavy (non-hydrogen) atoms. The summed E-state index contributed by atoms with van der Waals surface area (Å²) in [6, 6.07) is 0. The molecule has 7 nitrogen and oxygen atoms in total. The highest BCUT2D eigenvalue weighted by atomic mass is 16.5. The van der Waals surface area contributed by atoms with Gasteiger partial charge in [0.15, 0.2) is 0 Å². The van der Waals surface area contributed by atoms with Crippen LogP contribution in [0.2, 0.25) is 0 Å². The van der Waals surface area contributed by atoms with E-state index in [1.54, 1.807) is 0 Å². The molecule has 3 heterocycles. The van der Waals surface area contributed by atoms with Crippen LogP contribution in [0.15, 0.2) is 0 Å². The summed E-state index contributed by atoms with van der Waals surface area (Å²) in [5, 5.41) is 9.93. The summed E-state index contributed by atoms with van der Waals surface area (Å²) >= 11 is 0. The average molecular weight is 625 g/mol. The lowest BCUT2D eigenvalue weighted by Gasteiger charge is -2.47. The Morgan fingerprint density at radius 1 is 0.932 bits per heavy atom. The molecule has 2 N–H and O–H groups in total. The fourth-order valence-electron chi connectivity index (χ4n) is 5.71. The maximum Gasteiger partial charge on any atom is 0.225 e. The van der Waals surface area contributed by atoms with Crippen molar-refractivity contribution in [1.29, 1.82) is 0 Å². The van der Waals surface area contributed by atoms with Gasteiger partial charge < -0.3 is 25.0 Å². The molecule has 3 saturated heterocycles. The number of hydrogen-bond acceptors (Lipinski definition) is 6. The van der Waals surface area contributed by atoms with Crippen molar-refractivity contribution in [3.8, 4) is 11.8 Å². The first kappa shape index (κ1) is 45.0. The zero-order valence-electron chi connectivity index (χ0n) is 31.3. The SMILES string of the molecule is CC.CC(C)CCCN1CCOC2(CCN(C(=O)C(C)C)CC2)C1.CCC#CCC1CCN(CCC)CC1.CCNC.CO. The Balaban J connectivity index is 0. The summed E-state index contributed by atoms with van der Waals surface area (Å²) in [5.41, 5.74) is 0.00381. The molecule has 3 rings (SSSR count). The molecule has 0 radical (unpaired) electrons. The first-order valence-corrected chi connectivity index (χ1v) is 18.1. The normalized spacial score (nSPS) is 18.4. The molecule has 0 aliphatic carbocycles. The van der Waals surface area contributed by atoms with Crippen molar-refractivity contribution >= 4 is 5.91 Å². The fraction of sp³-hybridized carbons (Fsp3) is 0.919. The Bertz CT molecular complexity index is 701. The number of hydrogen-bond donors (Lipinski definition) is 2. The third-order valence-electron chi connectivity index (χ3n) is 8.36. The van der Waals surface area contributed by atoms with Gasteiger partial charge in [0, 0.05) is 52.0 Å². The minimum atomic E-state index is 0.00381. The first-order chi connectivity index (χ1) is 21.2. The van der Waals surface area contributed by atoms with Gasteiger partial charge in [-0.1, -0.05) is 62.3 Å². The van der Waals surface area contributed by atoms with Crippen molar-refractivity contribution in [3.05, 3.63) is 0 Å². The summed E-state index contributed by atoms with van der Waals surface area (Å²) in [6.45, 7) is 29.8. The summed E-state index contributed by atoms with van der Waals surface area (Å²) in [4.78, 5) is 19.3. The van der Waals surface area contributed by atoms with E-state index in [-0.39, 0.29) is 11.5 Å². The second kappa shape index (κ2) is 29.2. The van der Waals surface area contributed by atoms with E-state index < -0.39 is 0 Å². The lowest BCUT2D eigenvalue weighted by atomic mass is 9.88. The molecule has 0 aromatic heterocycles. The van der Waals surface area contributed by atoms with E-state index in [1.807, 2.05) is 39.6 Å². The molecule has 7 heteroatoms. The number of aliphatic hydroxyl groups excluding tert-OH is 1. The molecule has 0 saturated carbocycles. The van der Waals surface area contributed by atoms with Gasteiger partial charge >= 0.3 is 0 Å². The predicted octanol–water partition coefficient (Wildman–Crippen LogP) is 6.54. The smallest absolute Gasteiger partial charge is 0.225 e. The van der Waals surface area contributed by atoms with Gasteiger partial charge in [0.25, 0.3) is 0 Å². The first-order valence-electron chi connectivity index (χ1n) is 18.1. The van der Waals surface area contributed by atoms with E-state index in [2.05, 4.69) is 61.6 Å². The van der Waals surface area contributed by atoms with Gasteiger partial charge in [0.1, 0.15) is 0 Å². The van der Waals surface area contributed by atoms with Crippen LogP contribution in [0, 0.1) is 29.6 Å². The Morgan fingerprint density at radius 3 is 2.00 bits per heavy atom. The molecule has 3 fully saturated rings. The van der Waals surface area contributed by atoms with Crippen LogP contribution in [0.25, 0.3) is 0 Å². The highest BCUT2D eigenvalue weighted by Gasteiger charge is 2.40. The Morgan fingerprint density at radius 2 is 1.52 bits per heavy atom. The molecule has 0 bridgehead atoms. The molecule has 0 unspecified atom stereocenters. The molecule has 0 atom stereocenters. The number of morpholine rings is 1. The van der Waals surface area contributed by atoms with Gasteiger partial charge in [-0.25, -0.2) is 0 Å². The van der Waals surface area contributed by atoms with Crippen molar-refractivity contribution in [3.63, 3.8) is 0 Å². The summed E-state index contributed by atoms with van der Waals surface area (Å²) in [7, 11) is 2.93. The van der Waals surface area contributed by atoms with Crippen molar-refractivity contribution in [2.75, 3.05) is 79.7 Å². The number of nitrogens with one attached hydrogen (secondary N) is 1. The van der Waals surface area contributed by atoms with E-state index in [1.165, 1.54) is 58.3 Å². The maximum absolute atomic E-state index is 12.1. The number of ether oxygens (including phenoxy) is 1. The van der Waals surface area contributed by atoms with E-state index >= 15 is 0 Å². The van der Waals surface area contributed by atoms with Crippen LogP contribution < -0.4 is 5.32 Å². The van der Waals surface area contributed by atoms with Crippen LogP contribution in [0.1, 0.15) is 120 Å². The highest BCUT2D eigenvalue weighted by Crippen LogP contribution is 2.31. The monoisotopic (exact) mass is 625 g/mol. The molecule has 0 aromatic rings. The molecule has 1 spiro atoms. The fourth-order valence-corrected chi connectivity index (χ4v) is 5.71. The van der Waals surface area contributed by atoms with Crippen LogP contribution in [0.3, 0.4) is 0 Å².